The van der Waals surface area contributed by atoms with Crippen molar-refractivity contribution in [1.82, 2.24) is 0 Å². The van der Waals surface area contributed by atoms with Crippen LogP contribution in [-0.2, 0) is 26.5 Å². The SMILES string of the molecule is CCCCCCCC(=O)OC[C@H]1O[C@](O)(c2ccc(Cl)c(Cc3ccc(OCC)cc3)c2)[C@H](O)[C@@H](O)[C@@H]1O. The van der Waals surface area contributed by atoms with Crippen LogP contribution in [0.5, 0.6) is 5.75 Å². The zero-order valence-corrected chi connectivity index (χ0v) is 22.8. The molecule has 38 heavy (non-hydrogen) atoms. The van der Waals surface area contributed by atoms with Crippen LogP contribution >= 0.6 is 11.6 Å². The number of aliphatic hydroxyl groups is 4. The highest BCUT2D eigenvalue weighted by atomic mass is 35.5. The number of carbonyl (C=O) groups is 1. The summed E-state index contributed by atoms with van der Waals surface area (Å²) in [6.45, 7) is 4.20. The minimum atomic E-state index is -2.37. The number of esters is 1. The van der Waals surface area contributed by atoms with E-state index in [0.29, 0.717) is 30.0 Å². The molecule has 1 aliphatic rings. The number of unbranched alkanes of at least 4 members (excludes halogenated alkanes) is 4. The third kappa shape index (κ3) is 7.68. The van der Waals surface area contributed by atoms with Crippen molar-refractivity contribution in [3.63, 3.8) is 0 Å². The first-order valence-corrected chi connectivity index (χ1v) is 13.7. The molecule has 1 heterocycles. The predicted molar refractivity (Wildman–Crippen MR) is 143 cm³/mol. The summed E-state index contributed by atoms with van der Waals surface area (Å²) in [6.07, 6.45) is -0.884. The number of rotatable bonds is 13. The Bertz CT molecular complexity index is 1030. The van der Waals surface area contributed by atoms with E-state index < -0.39 is 36.2 Å². The molecular formula is C29H39ClO8. The summed E-state index contributed by atoms with van der Waals surface area (Å²) in [5.41, 5.74) is 1.75. The van der Waals surface area contributed by atoms with Gasteiger partial charge in [-0.05, 0) is 55.2 Å². The highest BCUT2D eigenvalue weighted by Crippen LogP contribution is 2.38. The lowest BCUT2D eigenvalue weighted by Gasteiger charge is -2.45. The van der Waals surface area contributed by atoms with E-state index in [2.05, 4.69) is 6.92 Å². The van der Waals surface area contributed by atoms with Gasteiger partial charge < -0.3 is 34.6 Å². The molecule has 210 valence electrons. The molecule has 0 saturated carbocycles. The van der Waals surface area contributed by atoms with Crippen molar-refractivity contribution in [2.45, 2.75) is 89.0 Å². The van der Waals surface area contributed by atoms with Crippen molar-refractivity contribution in [3.05, 3.63) is 64.2 Å². The van der Waals surface area contributed by atoms with Gasteiger partial charge in [0, 0.05) is 17.0 Å². The number of carbonyl (C=O) groups excluding carboxylic acids is 1. The molecule has 0 spiro atoms. The molecule has 4 N–H and O–H groups in total. The van der Waals surface area contributed by atoms with Gasteiger partial charge in [-0.15, -0.1) is 0 Å². The van der Waals surface area contributed by atoms with E-state index in [1.54, 1.807) is 12.1 Å². The van der Waals surface area contributed by atoms with Gasteiger partial charge in [-0.25, -0.2) is 0 Å². The van der Waals surface area contributed by atoms with Crippen LogP contribution in [0.25, 0.3) is 0 Å². The van der Waals surface area contributed by atoms with Gasteiger partial charge in [0.15, 0.2) is 0 Å². The molecule has 1 saturated heterocycles. The third-order valence-corrected chi connectivity index (χ3v) is 7.14. The van der Waals surface area contributed by atoms with Gasteiger partial charge in [-0.2, -0.15) is 0 Å². The second-order valence-corrected chi connectivity index (χ2v) is 10.1. The van der Waals surface area contributed by atoms with Crippen molar-refractivity contribution in [2.24, 2.45) is 0 Å². The van der Waals surface area contributed by atoms with Crippen molar-refractivity contribution >= 4 is 17.6 Å². The largest absolute Gasteiger partial charge is 0.494 e. The summed E-state index contributed by atoms with van der Waals surface area (Å²) in [4.78, 5) is 12.2. The molecule has 0 aliphatic carbocycles. The van der Waals surface area contributed by atoms with Gasteiger partial charge in [0.2, 0.25) is 5.79 Å². The van der Waals surface area contributed by atoms with E-state index in [-0.39, 0.29) is 18.6 Å². The van der Waals surface area contributed by atoms with Gasteiger partial charge in [-0.3, -0.25) is 4.79 Å². The number of hydrogen-bond donors (Lipinski definition) is 4. The Hall–Kier alpha value is -2.20. The normalized spacial score (nSPS) is 25.2. The number of benzene rings is 2. The fraction of sp³-hybridized carbons (Fsp3) is 0.552. The zero-order valence-electron chi connectivity index (χ0n) is 22.0. The van der Waals surface area contributed by atoms with Gasteiger partial charge in [0.25, 0.3) is 0 Å². The number of halogens is 1. The Kier molecular flexibility index (Phi) is 11.4. The first-order chi connectivity index (χ1) is 18.2. The Morgan fingerprint density at radius 1 is 1.00 bits per heavy atom. The molecule has 1 fully saturated rings. The van der Waals surface area contributed by atoms with Crippen LogP contribution in [0.15, 0.2) is 42.5 Å². The average Bonchev–Trinajstić information content (AvgIpc) is 2.91. The Balaban J connectivity index is 1.71. The Labute approximate surface area is 229 Å². The van der Waals surface area contributed by atoms with Crippen LogP contribution < -0.4 is 4.74 Å². The first kappa shape index (κ1) is 30.3. The zero-order chi connectivity index (χ0) is 27.7. The molecule has 0 aromatic heterocycles. The molecule has 1 aliphatic heterocycles. The van der Waals surface area contributed by atoms with Gasteiger partial charge in [0.05, 0.1) is 6.61 Å². The lowest BCUT2D eigenvalue weighted by molar-refractivity contribution is -0.358. The second kappa shape index (κ2) is 14.3. The highest BCUT2D eigenvalue weighted by Gasteiger charge is 2.54. The standard InChI is InChI=1S/C29H39ClO8/c1-3-5-6-7-8-9-25(31)37-18-24-26(32)27(33)28(34)29(35,38-24)21-12-15-23(30)20(17-21)16-19-10-13-22(14-11-19)36-4-2/h10-15,17,24,26-28,32-35H,3-9,16,18H2,1-2H3/t24-,26-,27+,28-,29-/m1/s1. The highest BCUT2D eigenvalue weighted by molar-refractivity contribution is 6.31. The third-order valence-electron chi connectivity index (χ3n) is 6.77. The summed E-state index contributed by atoms with van der Waals surface area (Å²) in [7, 11) is 0. The molecule has 2 aromatic rings. The van der Waals surface area contributed by atoms with Crippen molar-refractivity contribution in [1.29, 1.82) is 0 Å². The monoisotopic (exact) mass is 550 g/mol. The maximum absolute atomic E-state index is 12.2. The van der Waals surface area contributed by atoms with E-state index in [1.165, 1.54) is 6.07 Å². The van der Waals surface area contributed by atoms with Crippen molar-refractivity contribution in [2.75, 3.05) is 13.2 Å². The summed E-state index contributed by atoms with van der Waals surface area (Å²) in [5, 5.41) is 43.5. The number of ether oxygens (including phenoxy) is 3. The van der Waals surface area contributed by atoms with Crippen LogP contribution in [0.3, 0.4) is 0 Å². The summed E-state index contributed by atoms with van der Waals surface area (Å²) in [6, 6.07) is 12.2. The molecule has 5 atom stereocenters. The summed E-state index contributed by atoms with van der Waals surface area (Å²) >= 11 is 6.43. The van der Waals surface area contributed by atoms with Crippen LogP contribution in [0.2, 0.25) is 5.02 Å². The Morgan fingerprint density at radius 3 is 2.39 bits per heavy atom. The minimum absolute atomic E-state index is 0.147. The Morgan fingerprint density at radius 2 is 1.71 bits per heavy atom. The van der Waals surface area contributed by atoms with Gasteiger partial charge in [0.1, 0.15) is 36.8 Å². The van der Waals surface area contributed by atoms with E-state index in [0.717, 1.165) is 37.0 Å². The number of aliphatic hydroxyl groups excluding tert-OH is 3. The molecular weight excluding hydrogens is 512 g/mol. The number of hydrogen-bond acceptors (Lipinski definition) is 8. The molecule has 8 nitrogen and oxygen atoms in total. The lowest BCUT2D eigenvalue weighted by Crippen LogP contribution is -2.63. The predicted octanol–water partition coefficient (Wildman–Crippen LogP) is 3.86. The summed E-state index contributed by atoms with van der Waals surface area (Å²) in [5.74, 6) is -2.07. The van der Waals surface area contributed by atoms with Crippen molar-refractivity contribution < 1.29 is 39.4 Å². The van der Waals surface area contributed by atoms with Crippen molar-refractivity contribution in [3.8, 4) is 5.75 Å². The first-order valence-electron chi connectivity index (χ1n) is 13.3. The van der Waals surface area contributed by atoms with Crippen LogP contribution in [0.1, 0.15) is 69.1 Å². The summed E-state index contributed by atoms with van der Waals surface area (Å²) < 4.78 is 16.4. The van der Waals surface area contributed by atoms with E-state index in [4.69, 9.17) is 25.8 Å². The topological polar surface area (TPSA) is 126 Å². The molecule has 0 unspecified atom stereocenters. The van der Waals surface area contributed by atoms with Gasteiger partial charge >= 0.3 is 5.97 Å². The molecule has 2 aromatic carbocycles. The maximum atomic E-state index is 12.2. The maximum Gasteiger partial charge on any atom is 0.305 e. The van der Waals surface area contributed by atoms with Crippen LogP contribution in [-0.4, -0.2) is 64.0 Å². The van der Waals surface area contributed by atoms with Crippen LogP contribution in [0.4, 0.5) is 0 Å². The average molecular weight is 551 g/mol. The molecule has 9 heteroatoms. The van der Waals surface area contributed by atoms with E-state index in [1.807, 2.05) is 31.2 Å². The van der Waals surface area contributed by atoms with E-state index >= 15 is 0 Å². The van der Waals surface area contributed by atoms with Gasteiger partial charge in [-0.1, -0.05) is 62.4 Å². The fourth-order valence-electron chi connectivity index (χ4n) is 4.52. The lowest BCUT2D eigenvalue weighted by atomic mass is 9.87. The smallest absolute Gasteiger partial charge is 0.305 e. The van der Waals surface area contributed by atoms with E-state index in [9.17, 15) is 25.2 Å². The molecule has 0 radical (unpaired) electrons. The quantitative estimate of drug-likeness (QED) is 0.219. The second-order valence-electron chi connectivity index (χ2n) is 9.69. The molecule has 3 rings (SSSR count). The molecule has 0 bridgehead atoms. The fourth-order valence-corrected chi connectivity index (χ4v) is 4.71. The van der Waals surface area contributed by atoms with Crippen LogP contribution in [0, 0.1) is 0 Å². The molecule has 0 amide bonds. The minimum Gasteiger partial charge on any atom is -0.494 e.